The van der Waals surface area contributed by atoms with E-state index in [-0.39, 0.29) is 5.54 Å². The lowest BCUT2D eigenvalue weighted by molar-refractivity contribution is 0.296. The number of nitrogens with one attached hydrogen (secondary N) is 1. The van der Waals surface area contributed by atoms with E-state index in [0.717, 1.165) is 6.04 Å². The third-order valence-corrected chi connectivity index (χ3v) is 4.33. The fourth-order valence-electron chi connectivity index (χ4n) is 3.15. The summed E-state index contributed by atoms with van der Waals surface area (Å²) in [7, 11) is 0. The van der Waals surface area contributed by atoms with Crippen molar-refractivity contribution in [3.8, 4) is 0 Å². The van der Waals surface area contributed by atoms with Crippen LogP contribution in [0.2, 0.25) is 0 Å². The molecule has 1 heteroatoms. The first-order valence-corrected chi connectivity index (χ1v) is 7.97. The van der Waals surface area contributed by atoms with Crippen molar-refractivity contribution >= 4 is 0 Å². The number of hydrogen-bond donors (Lipinski definition) is 1. The zero-order chi connectivity index (χ0) is 13.6. The average Bonchev–Trinajstić information content (AvgIpc) is 2.66. The van der Waals surface area contributed by atoms with Crippen molar-refractivity contribution in [3.05, 3.63) is 35.9 Å². The van der Waals surface area contributed by atoms with E-state index in [4.69, 9.17) is 0 Å². The third kappa shape index (κ3) is 5.36. The van der Waals surface area contributed by atoms with Crippen molar-refractivity contribution in [2.75, 3.05) is 0 Å². The molecule has 0 heterocycles. The van der Waals surface area contributed by atoms with Crippen molar-refractivity contribution in [1.29, 1.82) is 0 Å². The van der Waals surface area contributed by atoms with Crippen LogP contribution in [-0.2, 0) is 6.42 Å². The van der Waals surface area contributed by atoms with E-state index in [2.05, 4.69) is 49.5 Å². The van der Waals surface area contributed by atoms with Crippen molar-refractivity contribution in [1.82, 2.24) is 5.32 Å². The molecule has 1 aromatic rings. The Bertz CT molecular complexity index is 347. The van der Waals surface area contributed by atoms with Gasteiger partial charge in [-0.1, -0.05) is 56.0 Å². The lowest BCUT2D eigenvalue weighted by atomic mass is 9.93. The highest BCUT2D eigenvalue weighted by atomic mass is 15.0. The smallest absolute Gasteiger partial charge is 0.0130 e. The molecule has 0 radical (unpaired) electrons. The minimum absolute atomic E-state index is 0.255. The maximum absolute atomic E-state index is 3.91. The van der Waals surface area contributed by atoms with Gasteiger partial charge in [0.25, 0.3) is 0 Å². The molecule has 0 spiro atoms. The Morgan fingerprint density at radius 2 is 1.63 bits per heavy atom. The Morgan fingerprint density at radius 3 is 2.26 bits per heavy atom. The minimum atomic E-state index is 0.255. The molecule has 1 saturated carbocycles. The summed E-state index contributed by atoms with van der Waals surface area (Å²) in [6.45, 7) is 4.72. The van der Waals surface area contributed by atoms with Crippen molar-refractivity contribution < 1.29 is 0 Å². The van der Waals surface area contributed by atoms with Crippen LogP contribution in [0.3, 0.4) is 0 Å². The Labute approximate surface area is 118 Å². The summed E-state index contributed by atoms with van der Waals surface area (Å²) >= 11 is 0. The van der Waals surface area contributed by atoms with E-state index in [9.17, 15) is 0 Å². The van der Waals surface area contributed by atoms with Crippen molar-refractivity contribution in [2.24, 2.45) is 0 Å². The molecule has 0 amide bonds. The second-order valence-electron chi connectivity index (χ2n) is 6.70. The summed E-state index contributed by atoms with van der Waals surface area (Å²) in [5.41, 5.74) is 1.71. The summed E-state index contributed by atoms with van der Waals surface area (Å²) in [6.07, 6.45) is 10.8. The number of rotatable bonds is 5. The van der Waals surface area contributed by atoms with Gasteiger partial charge < -0.3 is 5.32 Å². The highest BCUT2D eigenvalue weighted by Gasteiger charge is 2.22. The lowest BCUT2D eigenvalue weighted by Crippen LogP contribution is -2.46. The molecule has 0 unspecified atom stereocenters. The van der Waals surface area contributed by atoms with Gasteiger partial charge in [0, 0.05) is 11.6 Å². The van der Waals surface area contributed by atoms with E-state index in [1.807, 2.05) is 0 Å². The van der Waals surface area contributed by atoms with Crippen LogP contribution in [0.4, 0.5) is 0 Å². The summed E-state index contributed by atoms with van der Waals surface area (Å²) < 4.78 is 0. The molecule has 0 bridgehead atoms. The normalized spacial score (nSPS) is 18.2. The molecule has 1 fully saturated rings. The quantitative estimate of drug-likeness (QED) is 0.755. The van der Waals surface area contributed by atoms with Crippen LogP contribution in [-0.4, -0.2) is 11.6 Å². The van der Waals surface area contributed by atoms with Gasteiger partial charge in [0.15, 0.2) is 0 Å². The van der Waals surface area contributed by atoms with Crippen LogP contribution in [0.5, 0.6) is 0 Å². The summed E-state index contributed by atoms with van der Waals surface area (Å²) in [4.78, 5) is 0. The van der Waals surface area contributed by atoms with E-state index in [1.165, 1.54) is 56.9 Å². The first-order chi connectivity index (χ1) is 9.16. The Hall–Kier alpha value is -0.820. The van der Waals surface area contributed by atoms with Gasteiger partial charge in [-0.2, -0.15) is 0 Å². The fourth-order valence-corrected chi connectivity index (χ4v) is 3.15. The maximum atomic E-state index is 3.91. The first-order valence-electron chi connectivity index (χ1n) is 7.97. The van der Waals surface area contributed by atoms with Crippen LogP contribution >= 0.6 is 0 Å². The van der Waals surface area contributed by atoms with Gasteiger partial charge in [-0.25, -0.2) is 0 Å². The average molecular weight is 259 g/mol. The standard InChI is InChI=1S/C18H29N/c1-18(2,15-14-16-10-6-5-7-11-16)19-17-12-8-3-4-9-13-17/h5-7,10-11,17,19H,3-4,8-9,12-15H2,1-2H3. The summed E-state index contributed by atoms with van der Waals surface area (Å²) in [5.74, 6) is 0. The van der Waals surface area contributed by atoms with Gasteiger partial charge in [0.1, 0.15) is 0 Å². The molecule has 106 valence electrons. The molecule has 1 aliphatic carbocycles. The predicted molar refractivity (Wildman–Crippen MR) is 83.5 cm³/mol. The molecule has 19 heavy (non-hydrogen) atoms. The monoisotopic (exact) mass is 259 g/mol. The molecular formula is C18H29N. The largest absolute Gasteiger partial charge is 0.309 e. The van der Waals surface area contributed by atoms with Crippen LogP contribution < -0.4 is 5.32 Å². The van der Waals surface area contributed by atoms with E-state index in [0.29, 0.717) is 0 Å². The second kappa shape index (κ2) is 7.09. The molecule has 1 nitrogen and oxygen atoms in total. The molecular weight excluding hydrogens is 230 g/mol. The van der Waals surface area contributed by atoms with Gasteiger partial charge in [0.05, 0.1) is 0 Å². The van der Waals surface area contributed by atoms with Gasteiger partial charge in [-0.05, 0) is 45.1 Å². The van der Waals surface area contributed by atoms with Crippen molar-refractivity contribution in [3.63, 3.8) is 0 Å². The zero-order valence-electron chi connectivity index (χ0n) is 12.6. The van der Waals surface area contributed by atoms with Crippen LogP contribution in [0.25, 0.3) is 0 Å². The molecule has 1 N–H and O–H groups in total. The minimum Gasteiger partial charge on any atom is -0.309 e. The molecule has 1 aliphatic rings. The second-order valence-corrected chi connectivity index (χ2v) is 6.70. The molecule has 0 saturated heterocycles. The fraction of sp³-hybridized carbons (Fsp3) is 0.667. The molecule has 2 rings (SSSR count). The lowest BCUT2D eigenvalue weighted by Gasteiger charge is -2.32. The molecule has 0 atom stereocenters. The number of benzene rings is 1. The SMILES string of the molecule is CC(C)(CCc1ccccc1)NC1CCCCCC1. The van der Waals surface area contributed by atoms with Crippen molar-refractivity contribution in [2.45, 2.75) is 76.8 Å². The van der Waals surface area contributed by atoms with Crippen LogP contribution in [0, 0.1) is 0 Å². The third-order valence-electron chi connectivity index (χ3n) is 4.33. The van der Waals surface area contributed by atoms with Gasteiger partial charge in [-0.3, -0.25) is 0 Å². The Balaban J connectivity index is 1.80. The van der Waals surface area contributed by atoms with E-state index >= 15 is 0 Å². The van der Waals surface area contributed by atoms with Crippen LogP contribution in [0.1, 0.15) is 64.4 Å². The van der Waals surface area contributed by atoms with Gasteiger partial charge in [0.2, 0.25) is 0 Å². The number of hydrogen-bond acceptors (Lipinski definition) is 1. The summed E-state index contributed by atoms with van der Waals surface area (Å²) in [6, 6.07) is 11.6. The van der Waals surface area contributed by atoms with Gasteiger partial charge >= 0.3 is 0 Å². The van der Waals surface area contributed by atoms with Gasteiger partial charge in [-0.15, -0.1) is 0 Å². The predicted octanol–water partition coefficient (Wildman–Crippen LogP) is 4.71. The zero-order valence-corrected chi connectivity index (χ0v) is 12.6. The Morgan fingerprint density at radius 1 is 1.00 bits per heavy atom. The molecule has 0 aliphatic heterocycles. The summed E-state index contributed by atoms with van der Waals surface area (Å²) in [5, 5.41) is 3.91. The van der Waals surface area contributed by atoms with E-state index < -0.39 is 0 Å². The Kier molecular flexibility index (Phi) is 5.45. The molecule has 0 aromatic heterocycles. The topological polar surface area (TPSA) is 12.0 Å². The number of aryl methyl sites for hydroxylation is 1. The molecule has 1 aromatic carbocycles. The highest BCUT2D eigenvalue weighted by molar-refractivity contribution is 5.15. The van der Waals surface area contributed by atoms with Crippen LogP contribution in [0.15, 0.2) is 30.3 Å². The highest BCUT2D eigenvalue weighted by Crippen LogP contribution is 2.21. The van der Waals surface area contributed by atoms with E-state index in [1.54, 1.807) is 0 Å². The first kappa shape index (κ1) is 14.6. The maximum Gasteiger partial charge on any atom is 0.0130 e.